The van der Waals surface area contributed by atoms with Crippen molar-refractivity contribution in [2.75, 3.05) is 26.2 Å². The number of ether oxygens (including phenoxy) is 1. The van der Waals surface area contributed by atoms with Crippen molar-refractivity contribution in [2.24, 2.45) is 5.41 Å². The van der Waals surface area contributed by atoms with Crippen LogP contribution in [0, 0.1) is 5.41 Å². The number of carboxylic acids is 1. The zero-order valence-electron chi connectivity index (χ0n) is 18.6. The highest BCUT2D eigenvalue weighted by Crippen LogP contribution is 2.49. The van der Waals surface area contributed by atoms with Crippen LogP contribution in [0.25, 0.3) is 10.8 Å². The first kappa shape index (κ1) is 21.0. The Morgan fingerprint density at radius 3 is 2.59 bits per heavy atom. The smallest absolute Gasteiger partial charge is 0.303 e. The first-order chi connectivity index (χ1) is 15.6. The minimum absolute atomic E-state index is 0.0140. The van der Waals surface area contributed by atoms with Crippen LogP contribution in [-0.4, -0.2) is 42.2 Å². The molecule has 0 unspecified atom stereocenters. The molecule has 0 atom stereocenters. The summed E-state index contributed by atoms with van der Waals surface area (Å²) in [4.78, 5) is 13.7. The van der Waals surface area contributed by atoms with E-state index in [0.29, 0.717) is 13.0 Å². The molecule has 0 bridgehead atoms. The topological polar surface area (TPSA) is 49.8 Å². The Bertz CT molecular complexity index is 1110. The van der Waals surface area contributed by atoms with E-state index in [1.807, 2.05) is 0 Å². The molecule has 166 valence electrons. The molecule has 0 aromatic heterocycles. The zero-order chi connectivity index (χ0) is 22.0. The van der Waals surface area contributed by atoms with Crippen molar-refractivity contribution >= 4 is 16.7 Å². The standard InChI is InChI=1S/C28H31NO3/c30-27(31)19-28(14-15-28)20-29-16-11-22-8-4-10-26(25(22)12-17-29)32-18-13-23-7-3-6-21-5-1-2-9-24(21)23/h1-10H,11-20H2,(H,30,31). The van der Waals surface area contributed by atoms with Crippen LogP contribution in [0.2, 0.25) is 0 Å². The lowest BCUT2D eigenvalue weighted by molar-refractivity contribution is -0.138. The third-order valence-corrected chi connectivity index (χ3v) is 7.16. The maximum atomic E-state index is 11.2. The van der Waals surface area contributed by atoms with Crippen molar-refractivity contribution in [2.45, 2.75) is 38.5 Å². The molecule has 1 N–H and O–H groups in total. The first-order valence-corrected chi connectivity index (χ1v) is 11.8. The Balaban J connectivity index is 1.23. The third-order valence-electron chi connectivity index (χ3n) is 7.16. The Labute approximate surface area is 189 Å². The molecule has 3 aromatic rings. The fourth-order valence-electron chi connectivity index (χ4n) is 5.23. The van der Waals surface area contributed by atoms with E-state index in [2.05, 4.69) is 65.6 Å². The van der Waals surface area contributed by atoms with Gasteiger partial charge in [0.05, 0.1) is 13.0 Å². The number of carbonyl (C=O) groups is 1. The number of nitrogens with zero attached hydrogens (tertiary/aromatic N) is 1. The van der Waals surface area contributed by atoms with Crippen molar-refractivity contribution in [3.05, 3.63) is 77.4 Å². The summed E-state index contributed by atoms with van der Waals surface area (Å²) < 4.78 is 6.32. The van der Waals surface area contributed by atoms with Gasteiger partial charge in [0.15, 0.2) is 0 Å². The second-order valence-corrected chi connectivity index (χ2v) is 9.48. The van der Waals surface area contributed by atoms with E-state index >= 15 is 0 Å². The van der Waals surface area contributed by atoms with Crippen LogP contribution in [0.1, 0.15) is 36.0 Å². The number of fused-ring (bicyclic) bond motifs is 2. The minimum atomic E-state index is -0.664. The molecular weight excluding hydrogens is 398 g/mol. The van der Waals surface area contributed by atoms with Crippen LogP contribution in [0.4, 0.5) is 0 Å². The first-order valence-electron chi connectivity index (χ1n) is 11.8. The minimum Gasteiger partial charge on any atom is -0.493 e. The fourth-order valence-corrected chi connectivity index (χ4v) is 5.23. The lowest BCUT2D eigenvalue weighted by Crippen LogP contribution is -2.33. The predicted octanol–water partition coefficient (Wildman–Crippen LogP) is 5.12. The molecule has 1 aliphatic carbocycles. The number of hydrogen-bond acceptors (Lipinski definition) is 3. The van der Waals surface area contributed by atoms with Crippen LogP contribution in [0.5, 0.6) is 5.75 Å². The largest absolute Gasteiger partial charge is 0.493 e. The average Bonchev–Trinajstić information content (AvgIpc) is 3.57. The van der Waals surface area contributed by atoms with Crippen molar-refractivity contribution in [1.29, 1.82) is 0 Å². The molecule has 0 spiro atoms. The normalized spacial score (nSPS) is 17.5. The van der Waals surface area contributed by atoms with Crippen molar-refractivity contribution in [1.82, 2.24) is 4.90 Å². The van der Waals surface area contributed by atoms with Gasteiger partial charge in [-0.25, -0.2) is 0 Å². The van der Waals surface area contributed by atoms with Gasteiger partial charge in [-0.2, -0.15) is 0 Å². The number of carboxylic acid groups (broad SMARTS) is 1. The molecule has 1 heterocycles. The van der Waals surface area contributed by atoms with Gasteiger partial charge in [-0.05, 0) is 64.6 Å². The van der Waals surface area contributed by atoms with Gasteiger partial charge in [0.25, 0.3) is 0 Å². The van der Waals surface area contributed by atoms with Crippen molar-refractivity contribution in [3.8, 4) is 5.75 Å². The highest BCUT2D eigenvalue weighted by molar-refractivity contribution is 5.85. The third kappa shape index (κ3) is 4.66. The van der Waals surface area contributed by atoms with Crippen LogP contribution < -0.4 is 4.74 Å². The van der Waals surface area contributed by atoms with Gasteiger partial charge < -0.3 is 14.7 Å². The van der Waals surface area contributed by atoms with Gasteiger partial charge >= 0.3 is 5.97 Å². The van der Waals surface area contributed by atoms with Crippen LogP contribution in [0.15, 0.2) is 60.7 Å². The SMILES string of the molecule is O=C(O)CC1(CN2CCc3cccc(OCCc4cccc5ccccc45)c3CC2)CC1. The lowest BCUT2D eigenvalue weighted by Gasteiger charge is -2.25. The van der Waals surface area contributed by atoms with E-state index in [0.717, 1.165) is 57.5 Å². The summed E-state index contributed by atoms with van der Waals surface area (Å²) in [5.74, 6) is 0.346. The Morgan fingerprint density at radius 2 is 1.75 bits per heavy atom. The molecule has 4 nitrogen and oxygen atoms in total. The highest BCUT2D eigenvalue weighted by atomic mass is 16.5. The molecule has 1 fully saturated rings. The van der Waals surface area contributed by atoms with Gasteiger partial charge in [-0.3, -0.25) is 4.79 Å². The lowest BCUT2D eigenvalue weighted by atomic mass is 10.0. The Kier molecular flexibility index (Phi) is 5.88. The molecule has 4 heteroatoms. The van der Waals surface area contributed by atoms with E-state index in [-0.39, 0.29) is 5.41 Å². The van der Waals surface area contributed by atoms with E-state index in [4.69, 9.17) is 4.74 Å². The Hall–Kier alpha value is -2.85. The maximum Gasteiger partial charge on any atom is 0.303 e. The van der Waals surface area contributed by atoms with Crippen molar-refractivity contribution in [3.63, 3.8) is 0 Å². The van der Waals surface area contributed by atoms with E-state index in [1.165, 1.54) is 27.5 Å². The number of rotatable bonds is 8. The summed E-state index contributed by atoms with van der Waals surface area (Å²) in [6, 6.07) is 21.4. The predicted molar refractivity (Wildman–Crippen MR) is 127 cm³/mol. The second-order valence-electron chi connectivity index (χ2n) is 9.48. The molecule has 1 saturated carbocycles. The van der Waals surface area contributed by atoms with Gasteiger partial charge in [0.2, 0.25) is 0 Å². The summed E-state index contributed by atoms with van der Waals surface area (Å²) >= 11 is 0. The molecule has 0 amide bonds. The van der Waals surface area contributed by atoms with Gasteiger partial charge in [0.1, 0.15) is 5.75 Å². The molecule has 0 saturated heterocycles. The fraction of sp³-hybridized carbons (Fsp3) is 0.393. The number of aliphatic carboxylic acids is 1. The molecule has 1 aliphatic heterocycles. The van der Waals surface area contributed by atoms with E-state index in [9.17, 15) is 9.90 Å². The summed E-state index contributed by atoms with van der Waals surface area (Å²) in [7, 11) is 0. The molecule has 0 radical (unpaired) electrons. The van der Waals surface area contributed by atoms with Gasteiger partial charge in [-0.15, -0.1) is 0 Å². The average molecular weight is 430 g/mol. The highest BCUT2D eigenvalue weighted by Gasteiger charge is 2.45. The molecule has 2 aliphatic rings. The summed E-state index contributed by atoms with van der Waals surface area (Å²) in [5.41, 5.74) is 4.04. The van der Waals surface area contributed by atoms with Gasteiger partial charge in [0, 0.05) is 26.1 Å². The van der Waals surface area contributed by atoms with Crippen LogP contribution in [0.3, 0.4) is 0 Å². The number of hydrogen-bond donors (Lipinski definition) is 1. The second kappa shape index (κ2) is 8.95. The summed E-state index contributed by atoms with van der Waals surface area (Å²) in [6.07, 6.45) is 5.24. The Morgan fingerprint density at radius 1 is 0.969 bits per heavy atom. The van der Waals surface area contributed by atoms with Gasteiger partial charge in [-0.1, -0.05) is 54.6 Å². The quantitative estimate of drug-likeness (QED) is 0.540. The number of benzene rings is 3. The van der Waals surface area contributed by atoms with Crippen LogP contribution in [-0.2, 0) is 24.1 Å². The molecule has 32 heavy (non-hydrogen) atoms. The van der Waals surface area contributed by atoms with E-state index < -0.39 is 5.97 Å². The summed E-state index contributed by atoms with van der Waals surface area (Å²) in [6.45, 7) is 3.53. The summed E-state index contributed by atoms with van der Waals surface area (Å²) in [5, 5.41) is 11.8. The zero-order valence-corrected chi connectivity index (χ0v) is 18.6. The maximum absolute atomic E-state index is 11.2. The van der Waals surface area contributed by atoms with Crippen LogP contribution >= 0.6 is 0 Å². The monoisotopic (exact) mass is 429 g/mol. The molecule has 5 rings (SSSR count). The molecular formula is C28H31NO3. The molecule has 3 aromatic carbocycles. The van der Waals surface area contributed by atoms with Crippen molar-refractivity contribution < 1.29 is 14.6 Å². The van der Waals surface area contributed by atoms with E-state index in [1.54, 1.807) is 0 Å².